The molecule has 4 heterocycles. The fraction of sp³-hybridized carbons (Fsp3) is 0.400. The van der Waals surface area contributed by atoms with Gasteiger partial charge in [-0.25, -0.2) is 9.97 Å². The van der Waals surface area contributed by atoms with Gasteiger partial charge >= 0.3 is 0 Å². The smallest absolute Gasteiger partial charge is 0.262 e. The highest BCUT2D eigenvalue weighted by molar-refractivity contribution is 6.05. The molecule has 2 N–H and O–H groups in total. The van der Waals surface area contributed by atoms with Crippen LogP contribution in [0.3, 0.4) is 0 Å². The maximum atomic E-state index is 12.9. The second kappa shape index (κ2) is 8.04. The summed E-state index contributed by atoms with van der Waals surface area (Å²) < 4.78 is 7.53. The summed E-state index contributed by atoms with van der Waals surface area (Å²) in [6, 6.07) is 4.09. The van der Waals surface area contributed by atoms with Crippen LogP contribution in [0.25, 0.3) is 5.65 Å². The van der Waals surface area contributed by atoms with E-state index in [1.54, 1.807) is 0 Å². The van der Waals surface area contributed by atoms with E-state index < -0.39 is 0 Å². The Kier molecular flexibility index (Phi) is 5.30. The average Bonchev–Trinajstić information content (AvgIpc) is 3.33. The molecule has 9 nitrogen and oxygen atoms in total. The first-order valence-electron chi connectivity index (χ1n) is 9.76. The van der Waals surface area contributed by atoms with E-state index in [2.05, 4.69) is 30.5 Å². The minimum absolute atomic E-state index is 0.294. The lowest BCUT2D eigenvalue weighted by atomic mass is 10.3. The molecule has 9 heteroatoms. The standard InChI is InChI=1S/C20H25N7O2/c1-4-29-19-16(9-22-20(25-19)26-8-7-14(11-26)21-3)18(28)24-15-5-6-17-23-13(2)10-27(17)12-15/h5-6,9-10,12,14,21H,4,7-8,11H2,1-3H3,(H,24,28)/t14-/m0/s1. The molecule has 0 aromatic carbocycles. The van der Waals surface area contributed by atoms with Crippen LogP contribution in [0.4, 0.5) is 11.6 Å². The van der Waals surface area contributed by atoms with Crippen LogP contribution in [-0.4, -0.2) is 58.0 Å². The largest absolute Gasteiger partial charge is 0.477 e. The quantitative estimate of drug-likeness (QED) is 0.658. The number of imidazole rings is 1. The SMILES string of the molecule is CCOc1nc(N2CC[C@H](NC)C2)ncc1C(=O)Nc1ccc2nc(C)cn2c1. The minimum Gasteiger partial charge on any atom is -0.477 e. The summed E-state index contributed by atoms with van der Waals surface area (Å²) in [5.41, 5.74) is 2.71. The number of nitrogens with one attached hydrogen (secondary N) is 2. The van der Waals surface area contributed by atoms with Crippen molar-refractivity contribution in [1.82, 2.24) is 24.7 Å². The van der Waals surface area contributed by atoms with Crippen molar-refractivity contribution in [3.63, 3.8) is 0 Å². The van der Waals surface area contributed by atoms with Gasteiger partial charge in [-0.2, -0.15) is 4.98 Å². The summed E-state index contributed by atoms with van der Waals surface area (Å²) >= 11 is 0. The topological polar surface area (TPSA) is 96.7 Å². The summed E-state index contributed by atoms with van der Waals surface area (Å²) in [4.78, 5) is 28.3. The number of carbonyl (C=O) groups excluding carboxylic acids is 1. The van der Waals surface area contributed by atoms with Crippen LogP contribution in [-0.2, 0) is 0 Å². The first kappa shape index (κ1) is 19.1. The van der Waals surface area contributed by atoms with Crippen molar-refractivity contribution < 1.29 is 9.53 Å². The van der Waals surface area contributed by atoms with Crippen LogP contribution in [0.15, 0.2) is 30.7 Å². The number of anilines is 2. The molecule has 0 aliphatic carbocycles. The summed E-state index contributed by atoms with van der Waals surface area (Å²) in [5.74, 6) is 0.561. The second-order valence-electron chi connectivity index (χ2n) is 7.06. The van der Waals surface area contributed by atoms with Gasteiger partial charge in [0, 0.05) is 37.7 Å². The summed E-state index contributed by atoms with van der Waals surface area (Å²) in [6.07, 6.45) is 6.30. The molecular weight excluding hydrogens is 370 g/mol. The molecule has 1 aliphatic heterocycles. The highest BCUT2D eigenvalue weighted by Gasteiger charge is 2.25. The van der Waals surface area contributed by atoms with Gasteiger partial charge < -0.3 is 24.7 Å². The number of nitrogens with zero attached hydrogens (tertiary/aromatic N) is 5. The van der Waals surface area contributed by atoms with Gasteiger partial charge in [0.2, 0.25) is 11.8 Å². The van der Waals surface area contributed by atoms with E-state index in [0.29, 0.717) is 35.7 Å². The Bertz CT molecular complexity index is 1030. The van der Waals surface area contributed by atoms with Gasteiger partial charge in [-0.3, -0.25) is 4.79 Å². The predicted molar refractivity (Wildman–Crippen MR) is 111 cm³/mol. The third-order valence-electron chi connectivity index (χ3n) is 4.98. The Morgan fingerprint density at radius 2 is 2.17 bits per heavy atom. The zero-order chi connectivity index (χ0) is 20.4. The normalized spacial score (nSPS) is 16.4. The lowest BCUT2D eigenvalue weighted by molar-refractivity contribution is 0.102. The molecule has 0 radical (unpaired) electrons. The number of ether oxygens (including phenoxy) is 1. The third kappa shape index (κ3) is 4.00. The Morgan fingerprint density at radius 1 is 1.31 bits per heavy atom. The number of amides is 1. The number of aromatic nitrogens is 4. The van der Waals surface area contributed by atoms with E-state index in [1.165, 1.54) is 6.20 Å². The molecule has 3 aromatic rings. The van der Waals surface area contributed by atoms with Gasteiger partial charge in [0.05, 0.1) is 18.0 Å². The minimum atomic E-state index is -0.314. The number of carbonyl (C=O) groups is 1. The molecule has 1 amide bonds. The Labute approximate surface area is 169 Å². The van der Waals surface area contributed by atoms with Crippen LogP contribution < -0.4 is 20.3 Å². The fourth-order valence-corrected chi connectivity index (χ4v) is 3.48. The molecule has 1 fully saturated rings. The highest BCUT2D eigenvalue weighted by Crippen LogP contribution is 2.23. The monoisotopic (exact) mass is 395 g/mol. The molecule has 0 bridgehead atoms. The van der Waals surface area contributed by atoms with E-state index in [9.17, 15) is 4.79 Å². The van der Waals surface area contributed by atoms with Crippen LogP contribution in [0.1, 0.15) is 29.4 Å². The second-order valence-corrected chi connectivity index (χ2v) is 7.06. The van der Waals surface area contributed by atoms with Crippen molar-refractivity contribution in [3.8, 4) is 5.88 Å². The lowest BCUT2D eigenvalue weighted by Gasteiger charge is -2.18. The van der Waals surface area contributed by atoms with Crippen LogP contribution >= 0.6 is 0 Å². The van der Waals surface area contributed by atoms with Crippen molar-refractivity contribution in [2.45, 2.75) is 26.3 Å². The molecule has 0 saturated carbocycles. The molecule has 3 aromatic heterocycles. The number of likely N-dealkylation sites (N-methyl/N-ethyl adjacent to an activating group) is 1. The van der Waals surface area contributed by atoms with E-state index in [1.807, 2.05) is 49.8 Å². The average molecular weight is 395 g/mol. The van der Waals surface area contributed by atoms with E-state index in [4.69, 9.17) is 4.74 Å². The van der Waals surface area contributed by atoms with Crippen molar-refractivity contribution >= 4 is 23.2 Å². The van der Waals surface area contributed by atoms with E-state index in [-0.39, 0.29) is 5.91 Å². The van der Waals surface area contributed by atoms with E-state index in [0.717, 1.165) is 30.9 Å². The maximum Gasteiger partial charge on any atom is 0.262 e. The number of hydrogen-bond acceptors (Lipinski definition) is 7. The highest BCUT2D eigenvalue weighted by atomic mass is 16.5. The Hall–Kier alpha value is -3.20. The molecular formula is C20H25N7O2. The van der Waals surface area contributed by atoms with Crippen molar-refractivity contribution in [3.05, 3.63) is 42.0 Å². The summed E-state index contributed by atoms with van der Waals surface area (Å²) in [6.45, 7) is 5.91. The van der Waals surface area contributed by atoms with Gasteiger partial charge in [-0.1, -0.05) is 0 Å². The molecule has 152 valence electrons. The van der Waals surface area contributed by atoms with Crippen LogP contribution in [0.2, 0.25) is 0 Å². The number of aryl methyl sites for hydroxylation is 1. The molecule has 0 spiro atoms. The molecule has 1 saturated heterocycles. The maximum absolute atomic E-state index is 12.9. The van der Waals surface area contributed by atoms with E-state index >= 15 is 0 Å². The van der Waals surface area contributed by atoms with Gasteiger partial charge in [-0.05, 0) is 39.4 Å². The molecule has 1 atom stereocenters. The van der Waals surface area contributed by atoms with Gasteiger partial charge in [-0.15, -0.1) is 0 Å². The molecule has 29 heavy (non-hydrogen) atoms. The fourth-order valence-electron chi connectivity index (χ4n) is 3.48. The zero-order valence-electron chi connectivity index (χ0n) is 16.8. The van der Waals surface area contributed by atoms with Crippen LogP contribution in [0, 0.1) is 6.92 Å². The first-order valence-corrected chi connectivity index (χ1v) is 9.76. The lowest BCUT2D eigenvalue weighted by Crippen LogP contribution is -2.30. The molecule has 1 aliphatic rings. The van der Waals surface area contributed by atoms with Crippen LogP contribution in [0.5, 0.6) is 5.88 Å². The van der Waals surface area contributed by atoms with Crippen molar-refractivity contribution in [2.75, 3.05) is 37.0 Å². The van der Waals surface area contributed by atoms with Crippen molar-refractivity contribution in [2.24, 2.45) is 0 Å². The molecule has 4 rings (SSSR count). The number of fused-ring (bicyclic) bond motifs is 1. The number of pyridine rings is 1. The Morgan fingerprint density at radius 3 is 2.93 bits per heavy atom. The molecule has 0 unspecified atom stereocenters. The summed E-state index contributed by atoms with van der Waals surface area (Å²) in [5, 5.41) is 6.17. The van der Waals surface area contributed by atoms with Gasteiger partial charge in [0.15, 0.2) is 0 Å². The summed E-state index contributed by atoms with van der Waals surface area (Å²) in [7, 11) is 1.95. The third-order valence-corrected chi connectivity index (χ3v) is 4.98. The Balaban J connectivity index is 1.56. The predicted octanol–water partition coefficient (Wildman–Crippen LogP) is 1.88. The number of rotatable bonds is 6. The van der Waals surface area contributed by atoms with Gasteiger partial charge in [0.25, 0.3) is 5.91 Å². The zero-order valence-corrected chi connectivity index (χ0v) is 16.8. The number of hydrogen-bond donors (Lipinski definition) is 2. The van der Waals surface area contributed by atoms with Gasteiger partial charge in [0.1, 0.15) is 11.2 Å². The first-order chi connectivity index (χ1) is 14.1. The van der Waals surface area contributed by atoms with Crippen molar-refractivity contribution in [1.29, 1.82) is 0 Å².